The molecule has 88 valence electrons. The van der Waals surface area contributed by atoms with E-state index in [0.717, 1.165) is 10.0 Å². The number of hydrogen-bond donors (Lipinski definition) is 0. The van der Waals surface area contributed by atoms with Crippen LogP contribution < -0.4 is 0 Å². The second kappa shape index (κ2) is 5.81. The molecule has 18 heavy (non-hydrogen) atoms. The van der Waals surface area contributed by atoms with E-state index in [1.807, 2.05) is 30.3 Å². The molecule has 0 fully saturated rings. The molecule has 1 aromatic carbocycles. The lowest BCUT2D eigenvalue weighted by Crippen LogP contribution is -1.87. The normalized spacial score (nSPS) is 11.6. The Morgan fingerprint density at radius 3 is 2.44 bits per heavy atom. The van der Waals surface area contributed by atoms with Gasteiger partial charge in [-0.05, 0) is 23.8 Å². The van der Waals surface area contributed by atoms with E-state index in [0.29, 0.717) is 16.2 Å². The molecule has 1 heterocycles. The summed E-state index contributed by atoms with van der Waals surface area (Å²) in [5.41, 5.74) is 1.94. The van der Waals surface area contributed by atoms with E-state index in [2.05, 4.69) is 27.0 Å². The summed E-state index contributed by atoms with van der Waals surface area (Å²) in [4.78, 5) is 3.99. The van der Waals surface area contributed by atoms with Gasteiger partial charge in [0.2, 0.25) is 0 Å². The molecule has 0 atom stereocenters. The highest BCUT2D eigenvalue weighted by Crippen LogP contribution is 2.29. The zero-order valence-electron chi connectivity index (χ0n) is 9.27. The van der Waals surface area contributed by atoms with Crippen LogP contribution in [0.15, 0.2) is 53.3 Å². The van der Waals surface area contributed by atoms with Gasteiger partial charge in [-0.2, -0.15) is 5.26 Å². The molecule has 4 heteroatoms. The van der Waals surface area contributed by atoms with E-state index < -0.39 is 0 Å². The highest BCUT2D eigenvalue weighted by Gasteiger charge is 2.09. The van der Waals surface area contributed by atoms with E-state index in [-0.39, 0.29) is 0 Å². The van der Waals surface area contributed by atoms with Crippen molar-refractivity contribution in [3.05, 3.63) is 64.4 Å². The fraction of sp³-hybridized carbons (Fsp3) is 0. The number of halogens is 2. The second-order valence-corrected chi connectivity index (χ2v) is 4.84. The van der Waals surface area contributed by atoms with Crippen LogP contribution in [0.4, 0.5) is 0 Å². The fourth-order valence-electron chi connectivity index (χ4n) is 1.49. The zero-order chi connectivity index (χ0) is 13.0. The molecule has 0 radical (unpaired) electrons. The lowest BCUT2D eigenvalue weighted by atomic mass is 10.1. The predicted molar refractivity (Wildman–Crippen MR) is 76.7 cm³/mol. The van der Waals surface area contributed by atoms with Crippen LogP contribution >= 0.6 is 27.5 Å². The second-order valence-electron chi connectivity index (χ2n) is 3.55. The van der Waals surface area contributed by atoms with Crippen molar-refractivity contribution in [2.45, 2.75) is 0 Å². The molecule has 0 N–H and O–H groups in total. The van der Waals surface area contributed by atoms with Crippen molar-refractivity contribution in [1.82, 2.24) is 4.98 Å². The monoisotopic (exact) mass is 318 g/mol. The smallest absolute Gasteiger partial charge is 0.101 e. The topological polar surface area (TPSA) is 36.7 Å². The minimum absolute atomic E-state index is 0.423. The van der Waals surface area contributed by atoms with Gasteiger partial charge in [-0.25, -0.2) is 0 Å². The van der Waals surface area contributed by atoms with Crippen LogP contribution in [-0.2, 0) is 0 Å². The number of nitriles is 1. The highest BCUT2D eigenvalue weighted by atomic mass is 79.9. The zero-order valence-corrected chi connectivity index (χ0v) is 11.6. The summed E-state index contributed by atoms with van der Waals surface area (Å²) in [5, 5.41) is 9.67. The number of nitrogens with zero attached hydrogens (tertiary/aromatic N) is 2. The maximum absolute atomic E-state index is 9.24. The number of hydrogen-bond acceptors (Lipinski definition) is 2. The molecule has 0 spiro atoms. The van der Waals surface area contributed by atoms with Crippen LogP contribution in [0.25, 0.3) is 10.6 Å². The third kappa shape index (κ3) is 2.79. The highest BCUT2D eigenvalue weighted by molar-refractivity contribution is 9.10. The Bertz CT molecular complexity index is 612. The molecule has 0 saturated carbocycles. The Kier molecular flexibility index (Phi) is 4.14. The van der Waals surface area contributed by atoms with Crippen molar-refractivity contribution >= 4 is 38.1 Å². The quantitative estimate of drug-likeness (QED) is 0.766. The summed E-state index contributed by atoms with van der Waals surface area (Å²) < 4.78 is 0.968. The standard InChI is InChI=1S/C14H8BrClN2/c15-12-5-3-10(4-6-12)14(16)13(8-17)11-2-1-7-18-9-11/h1-7,9H/b14-13-. The average Bonchev–Trinajstić information content (AvgIpc) is 2.41. The van der Waals surface area contributed by atoms with E-state index in [1.54, 1.807) is 18.5 Å². The van der Waals surface area contributed by atoms with Crippen LogP contribution in [0.1, 0.15) is 11.1 Å². The number of rotatable bonds is 2. The van der Waals surface area contributed by atoms with Gasteiger partial charge >= 0.3 is 0 Å². The molecule has 0 unspecified atom stereocenters. The molecular formula is C14H8BrClN2. The Hall–Kier alpha value is -1.63. The first-order valence-corrected chi connectivity index (χ1v) is 6.35. The third-order valence-electron chi connectivity index (χ3n) is 2.38. The molecule has 2 rings (SSSR count). The molecule has 0 aliphatic rings. The molecule has 0 aliphatic heterocycles. The van der Waals surface area contributed by atoms with Crippen molar-refractivity contribution in [1.29, 1.82) is 5.26 Å². The minimum atomic E-state index is 0.423. The molecule has 2 aromatic rings. The number of aromatic nitrogens is 1. The summed E-state index contributed by atoms with van der Waals surface area (Å²) >= 11 is 9.63. The molecule has 0 aliphatic carbocycles. The van der Waals surface area contributed by atoms with Crippen molar-refractivity contribution < 1.29 is 0 Å². The molecule has 2 nitrogen and oxygen atoms in total. The first-order chi connectivity index (χ1) is 8.72. The van der Waals surface area contributed by atoms with E-state index in [4.69, 9.17) is 11.6 Å². The van der Waals surface area contributed by atoms with Crippen LogP contribution in [0.2, 0.25) is 0 Å². The fourth-order valence-corrected chi connectivity index (χ4v) is 2.03. The van der Waals surface area contributed by atoms with E-state index >= 15 is 0 Å². The van der Waals surface area contributed by atoms with Gasteiger partial charge in [0.25, 0.3) is 0 Å². The summed E-state index contributed by atoms with van der Waals surface area (Å²) in [6, 6.07) is 13.2. The van der Waals surface area contributed by atoms with Crippen LogP contribution in [-0.4, -0.2) is 4.98 Å². The minimum Gasteiger partial charge on any atom is -0.264 e. The Balaban J connectivity index is 2.51. The Morgan fingerprint density at radius 2 is 1.89 bits per heavy atom. The predicted octanol–water partition coefficient (Wildman–Crippen LogP) is 4.47. The summed E-state index contributed by atoms with van der Waals surface area (Å²) in [6.07, 6.45) is 3.28. The lowest BCUT2D eigenvalue weighted by molar-refractivity contribution is 1.31. The first-order valence-electron chi connectivity index (χ1n) is 5.18. The van der Waals surface area contributed by atoms with Gasteiger partial charge < -0.3 is 0 Å². The summed E-state index contributed by atoms with van der Waals surface area (Å²) in [5.74, 6) is 0. The lowest BCUT2D eigenvalue weighted by Gasteiger charge is -2.04. The van der Waals surface area contributed by atoms with Gasteiger partial charge in [-0.1, -0.05) is 45.7 Å². The molecule has 0 amide bonds. The van der Waals surface area contributed by atoms with Crippen molar-refractivity contribution in [3.8, 4) is 6.07 Å². The number of allylic oxidation sites excluding steroid dienone is 1. The Morgan fingerprint density at radius 1 is 1.17 bits per heavy atom. The van der Waals surface area contributed by atoms with E-state index in [9.17, 15) is 5.26 Å². The van der Waals surface area contributed by atoms with Crippen molar-refractivity contribution in [3.63, 3.8) is 0 Å². The van der Waals surface area contributed by atoms with E-state index in [1.165, 1.54) is 0 Å². The van der Waals surface area contributed by atoms with Crippen LogP contribution in [0.3, 0.4) is 0 Å². The van der Waals surface area contributed by atoms with Gasteiger partial charge in [0.05, 0.1) is 10.6 Å². The molecule has 0 bridgehead atoms. The Labute approximate surface area is 119 Å². The molecule has 1 aromatic heterocycles. The van der Waals surface area contributed by atoms with Gasteiger partial charge in [0, 0.05) is 22.4 Å². The average molecular weight is 320 g/mol. The maximum atomic E-state index is 9.24. The van der Waals surface area contributed by atoms with Gasteiger partial charge in [-0.3, -0.25) is 4.98 Å². The van der Waals surface area contributed by atoms with Crippen LogP contribution in [0, 0.1) is 11.3 Å². The largest absolute Gasteiger partial charge is 0.264 e. The summed E-state index contributed by atoms with van der Waals surface area (Å²) in [6.45, 7) is 0. The SMILES string of the molecule is N#C/C(=C(/Cl)c1ccc(Br)cc1)c1cccnc1. The molecular weight excluding hydrogens is 312 g/mol. The number of pyridine rings is 1. The summed E-state index contributed by atoms with van der Waals surface area (Å²) in [7, 11) is 0. The van der Waals surface area contributed by atoms with Crippen LogP contribution in [0.5, 0.6) is 0 Å². The van der Waals surface area contributed by atoms with Crippen molar-refractivity contribution in [2.75, 3.05) is 0 Å². The third-order valence-corrected chi connectivity index (χ3v) is 3.32. The van der Waals surface area contributed by atoms with Crippen molar-refractivity contribution in [2.24, 2.45) is 0 Å². The van der Waals surface area contributed by atoms with Gasteiger partial charge in [-0.15, -0.1) is 0 Å². The first kappa shape index (κ1) is 12.8. The van der Waals surface area contributed by atoms with Gasteiger partial charge in [0.1, 0.15) is 6.07 Å². The number of benzene rings is 1. The van der Waals surface area contributed by atoms with Gasteiger partial charge in [0.15, 0.2) is 0 Å². The molecule has 0 saturated heterocycles. The maximum Gasteiger partial charge on any atom is 0.101 e.